The van der Waals surface area contributed by atoms with Crippen LogP contribution in [0.15, 0.2) is 17.5 Å². The molecule has 1 aliphatic heterocycles. The fourth-order valence-corrected chi connectivity index (χ4v) is 5.61. The quantitative estimate of drug-likeness (QED) is 0.738. The van der Waals surface area contributed by atoms with Crippen molar-refractivity contribution >= 4 is 32.4 Å². The highest BCUT2D eigenvalue weighted by Gasteiger charge is 2.32. The van der Waals surface area contributed by atoms with Gasteiger partial charge in [0.2, 0.25) is 10.0 Å². The Hall–Kier alpha value is -2.11. The molecule has 0 bridgehead atoms. The Balaban J connectivity index is 1.79. The number of carbonyl (C=O) groups is 1. The maximum absolute atomic E-state index is 14.7. The Morgan fingerprint density at radius 1 is 1.41 bits per heavy atom. The molecule has 0 aliphatic carbocycles. The number of amides is 1. The number of nitrogen functional groups attached to an aromatic ring is 1. The molecule has 1 aliphatic rings. The molecule has 0 radical (unpaired) electrons. The first kappa shape index (κ1) is 21.6. The van der Waals surface area contributed by atoms with Crippen LogP contribution in [0.2, 0.25) is 0 Å². The van der Waals surface area contributed by atoms with Crippen molar-refractivity contribution in [1.82, 2.24) is 14.6 Å². The van der Waals surface area contributed by atoms with Crippen molar-refractivity contribution in [2.45, 2.75) is 45.3 Å². The van der Waals surface area contributed by atoms with Crippen LogP contribution in [0.4, 0.5) is 13.9 Å². The van der Waals surface area contributed by atoms with Gasteiger partial charge in [-0.3, -0.25) is 4.79 Å². The van der Waals surface area contributed by atoms with Crippen LogP contribution in [0.3, 0.4) is 0 Å². The van der Waals surface area contributed by atoms with Gasteiger partial charge in [0, 0.05) is 29.1 Å². The highest BCUT2D eigenvalue weighted by atomic mass is 32.2. The number of sulfonamides is 1. The zero-order valence-corrected chi connectivity index (χ0v) is 17.6. The van der Waals surface area contributed by atoms with Crippen LogP contribution in [0.25, 0.3) is 0 Å². The summed E-state index contributed by atoms with van der Waals surface area (Å²) >= 11 is 1.10. The molecule has 29 heavy (non-hydrogen) atoms. The monoisotopic (exact) mass is 444 g/mol. The number of nitrogens with two attached hydrogens (primary N) is 1. The zero-order chi connectivity index (χ0) is 21.3. The smallest absolute Gasteiger partial charge is 0.271 e. The minimum atomic E-state index is -3.50. The minimum Gasteiger partial charge on any atom is -0.375 e. The van der Waals surface area contributed by atoms with Crippen molar-refractivity contribution in [3.63, 3.8) is 0 Å². The van der Waals surface area contributed by atoms with Crippen LogP contribution < -0.4 is 11.1 Å². The third-order valence-corrected chi connectivity index (χ3v) is 7.62. The number of anilines is 1. The lowest BCUT2D eigenvalue weighted by Gasteiger charge is -2.32. The maximum atomic E-state index is 14.7. The van der Waals surface area contributed by atoms with Crippen LogP contribution in [0.5, 0.6) is 0 Å². The molecule has 1 saturated heterocycles. The maximum Gasteiger partial charge on any atom is 0.271 e. The molecule has 2 unspecified atom stereocenters. The lowest BCUT2D eigenvalue weighted by molar-refractivity contribution is 0.0935. The minimum absolute atomic E-state index is 0.00369. The van der Waals surface area contributed by atoms with E-state index in [9.17, 15) is 22.0 Å². The van der Waals surface area contributed by atoms with Gasteiger partial charge in [-0.1, -0.05) is 0 Å². The van der Waals surface area contributed by atoms with Crippen molar-refractivity contribution in [3.8, 4) is 0 Å². The summed E-state index contributed by atoms with van der Waals surface area (Å²) in [6.45, 7) is 3.04. The van der Waals surface area contributed by atoms with Gasteiger partial charge in [-0.2, -0.15) is 4.31 Å². The predicted molar refractivity (Wildman–Crippen MR) is 107 cm³/mol. The highest BCUT2D eigenvalue weighted by molar-refractivity contribution is 7.89. The molecule has 0 saturated carbocycles. The van der Waals surface area contributed by atoms with Gasteiger partial charge in [-0.05, 0) is 38.8 Å². The molecule has 1 aromatic carbocycles. The third-order valence-electron chi connectivity index (χ3n) is 4.93. The second kappa shape index (κ2) is 8.33. The van der Waals surface area contributed by atoms with E-state index >= 15 is 0 Å². The number of aromatic nitrogens is 1. The van der Waals surface area contributed by atoms with Crippen molar-refractivity contribution in [3.05, 3.63) is 46.0 Å². The van der Waals surface area contributed by atoms with Crippen molar-refractivity contribution in [2.75, 3.05) is 11.5 Å². The van der Waals surface area contributed by atoms with Crippen LogP contribution in [-0.4, -0.2) is 35.4 Å². The van der Waals surface area contributed by atoms with E-state index in [4.69, 9.17) is 5.73 Å². The van der Waals surface area contributed by atoms with Gasteiger partial charge in [0.25, 0.3) is 5.91 Å². The van der Waals surface area contributed by atoms with Gasteiger partial charge in [-0.15, -0.1) is 11.3 Å². The van der Waals surface area contributed by atoms with Gasteiger partial charge in [-0.25, -0.2) is 22.2 Å². The largest absolute Gasteiger partial charge is 0.375 e. The Kier molecular flexibility index (Phi) is 6.20. The molecule has 2 atom stereocenters. The van der Waals surface area contributed by atoms with Crippen molar-refractivity contribution in [1.29, 1.82) is 0 Å². The molecule has 2 aromatic rings. The number of hydrogen-bond donors (Lipinski definition) is 2. The second-order valence-electron chi connectivity index (χ2n) is 7.08. The van der Waals surface area contributed by atoms with Crippen LogP contribution in [0, 0.1) is 11.6 Å². The summed E-state index contributed by atoms with van der Waals surface area (Å²) in [6, 6.07) is 0.878. The van der Waals surface area contributed by atoms with Gasteiger partial charge in [0.1, 0.15) is 17.3 Å². The predicted octanol–water partition coefficient (Wildman–Crippen LogP) is 2.81. The van der Waals surface area contributed by atoms with Gasteiger partial charge < -0.3 is 11.1 Å². The number of halogens is 2. The van der Waals surface area contributed by atoms with E-state index in [1.54, 1.807) is 6.92 Å². The third kappa shape index (κ3) is 4.73. The molecule has 3 rings (SSSR count). The number of nitrogens with one attached hydrogen (secondary N) is 1. The number of thiazole rings is 1. The fourth-order valence-electron chi connectivity index (χ4n) is 3.32. The van der Waals surface area contributed by atoms with Gasteiger partial charge in [0.15, 0.2) is 5.13 Å². The van der Waals surface area contributed by atoms with Crippen molar-refractivity contribution < 1.29 is 22.0 Å². The number of carbonyl (C=O) groups excluding carboxylic acids is 1. The normalized spacial score (nSPS) is 20.3. The molecule has 11 heteroatoms. The number of rotatable bonds is 5. The first-order valence-electron chi connectivity index (χ1n) is 9.07. The number of nitrogens with zero attached hydrogens (tertiary/aromatic N) is 2. The average Bonchev–Trinajstić information content (AvgIpc) is 3.07. The molecule has 0 spiro atoms. The fraction of sp³-hybridized carbons (Fsp3) is 0.444. The first-order valence-corrected chi connectivity index (χ1v) is 11.6. The summed E-state index contributed by atoms with van der Waals surface area (Å²) in [5, 5.41) is 4.25. The standard InChI is InChI=1S/C18H22F2N4O3S2/c1-10-4-3-5-29(26,27)24(10)8-12-6-15(20)13(7-14(12)19)11(2)22-17(25)16-9-28-18(21)23-16/h6-7,9-11H,3-5,8H2,1-2H3,(H2,21,23)(H,22,25). The topological polar surface area (TPSA) is 105 Å². The van der Waals surface area contributed by atoms with E-state index in [2.05, 4.69) is 10.3 Å². The van der Waals surface area contributed by atoms with Gasteiger partial charge >= 0.3 is 0 Å². The molecule has 7 nitrogen and oxygen atoms in total. The lowest BCUT2D eigenvalue weighted by Crippen LogP contribution is -2.43. The molecule has 2 heterocycles. The van der Waals surface area contributed by atoms with Crippen LogP contribution >= 0.6 is 11.3 Å². The van der Waals surface area contributed by atoms with Gasteiger partial charge in [0.05, 0.1) is 11.8 Å². The molecule has 3 N–H and O–H groups in total. The van der Waals surface area contributed by atoms with Crippen LogP contribution in [-0.2, 0) is 16.6 Å². The highest BCUT2D eigenvalue weighted by Crippen LogP contribution is 2.27. The Morgan fingerprint density at radius 3 is 2.76 bits per heavy atom. The van der Waals surface area contributed by atoms with E-state index in [-0.39, 0.29) is 40.3 Å². The average molecular weight is 445 g/mol. The van der Waals surface area contributed by atoms with E-state index in [1.807, 2.05) is 0 Å². The van der Waals surface area contributed by atoms with E-state index in [1.165, 1.54) is 16.6 Å². The Morgan fingerprint density at radius 2 is 2.14 bits per heavy atom. The summed E-state index contributed by atoms with van der Waals surface area (Å²) in [5.74, 6) is -2.01. The van der Waals surface area contributed by atoms with E-state index in [0.29, 0.717) is 12.8 Å². The number of hydrogen-bond acceptors (Lipinski definition) is 6. The van der Waals surface area contributed by atoms with E-state index < -0.39 is 33.6 Å². The summed E-state index contributed by atoms with van der Waals surface area (Å²) in [4.78, 5) is 16.0. The van der Waals surface area contributed by atoms with E-state index in [0.717, 1.165) is 23.5 Å². The Labute approximate surface area is 172 Å². The SMILES string of the molecule is CC(NC(=O)c1csc(N)n1)c1cc(F)c(CN2C(C)CCCS2(=O)=O)cc1F. The first-order chi connectivity index (χ1) is 13.6. The lowest BCUT2D eigenvalue weighted by atomic mass is 10.0. The van der Waals surface area contributed by atoms with Crippen molar-refractivity contribution in [2.24, 2.45) is 0 Å². The molecular weight excluding hydrogens is 422 g/mol. The molecular formula is C18H22F2N4O3S2. The Bertz CT molecular complexity index is 1030. The summed E-state index contributed by atoms with van der Waals surface area (Å²) < 4.78 is 55.1. The second-order valence-corrected chi connectivity index (χ2v) is 10.0. The molecule has 1 amide bonds. The number of benzene rings is 1. The summed E-state index contributed by atoms with van der Waals surface area (Å²) in [7, 11) is -3.50. The zero-order valence-electron chi connectivity index (χ0n) is 16.0. The molecule has 1 fully saturated rings. The summed E-state index contributed by atoms with van der Waals surface area (Å²) in [6.07, 6.45) is 1.23. The van der Waals surface area contributed by atoms with Crippen LogP contribution in [0.1, 0.15) is 54.3 Å². The molecule has 158 valence electrons. The molecule has 1 aromatic heterocycles. The summed E-state index contributed by atoms with van der Waals surface area (Å²) in [5.41, 5.74) is 5.50.